The summed E-state index contributed by atoms with van der Waals surface area (Å²) in [6.07, 6.45) is 1.34. The highest BCUT2D eigenvalue weighted by Crippen LogP contribution is 2.18. The number of carbonyl (C=O) groups excluding carboxylic acids is 1. The summed E-state index contributed by atoms with van der Waals surface area (Å²) in [4.78, 5) is 22.1. The van der Waals surface area contributed by atoms with E-state index in [0.29, 0.717) is 16.9 Å². The minimum absolute atomic E-state index is 0.00302. The minimum Gasteiger partial charge on any atom is -0.484 e. The molecule has 0 spiro atoms. The van der Waals surface area contributed by atoms with E-state index < -0.39 is 10.8 Å². The van der Waals surface area contributed by atoms with E-state index in [9.17, 15) is 14.9 Å². The number of aryl methyl sites for hydroxylation is 1. The number of carbonyl (C=O) groups is 1. The number of hydrazone groups is 1. The molecule has 2 rings (SSSR count). The Morgan fingerprint density at radius 2 is 2.17 bits per heavy atom. The molecule has 0 aromatic heterocycles. The van der Waals surface area contributed by atoms with Crippen molar-refractivity contribution in [3.63, 3.8) is 0 Å². The van der Waals surface area contributed by atoms with Gasteiger partial charge in [0.05, 0.1) is 11.1 Å². The molecule has 0 bridgehead atoms. The van der Waals surface area contributed by atoms with Crippen LogP contribution < -0.4 is 10.2 Å². The van der Waals surface area contributed by atoms with Crippen LogP contribution in [0.5, 0.6) is 5.75 Å². The summed E-state index contributed by atoms with van der Waals surface area (Å²) in [7, 11) is 0. The molecule has 1 N–H and O–H groups in total. The van der Waals surface area contributed by atoms with Crippen molar-refractivity contribution in [2.24, 2.45) is 5.10 Å². The number of nitro benzene ring substituents is 1. The molecule has 0 unspecified atom stereocenters. The molecule has 2 aromatic rings. The molecule has 2 aromatic carbocycles. The summed E-state index contributed by atoms with van der Waals surface area (Å²) in [5.74, 6) is 0.116. The van der Waals surface area contributed by atoms with Crippen molar-refractivity contribution in [2.75, 3.05) is 6.61 Å². The number of nitro groups is 1. The molecule has 0 saturated carbocycles. The Morgan fingerprint density at radius 1 is 1.38 bits per heavy atom. The normalized spacial score (nSPS) is 10.6. The monoisotopic (exact) mass is 391 g/mol. The summed E-state index contributed by atoms with van der Waals surface area (Å²) < 4.78 is 6.16. The topological polar surface area (TPSA) is 93.8 Å². The van der Waals surface area contributed by atoms with Crippen LogP contribution in [-0.4, -0.2) is 23.7 Å². The van der Waals surface area contributed by atoms with Gasteiger partial charge in [-0.2, -0.15) is 5.10 Å². The van der Waals surface area contributed by atoms with Crippen LogP contribution in [0.25, 0.3) is 0 Å². The average molecular weight is 392 g/mol. The van der Waals surface area contributed by atoms with Gasteiger partial charge in [0.15, 0.2) is 6.61 Å². The molecule has 7 nitrogen and oxygen atoms in total. The number of ether oxygens (including phenoxy) is 1. The lowest BCUT2D eigenvalue weighted by molar-refractivity contribution is -0.385. The molecule has 1 amide bonds. The molecule has 0 atom stereocenters. The molecule has 0 aliphatic heterocycles. The first-order chi connectivity index (χ1) is 11.5. The Morgan fingerprint density at radius 3 is 2.88 bits per heavy atom. The lowest BCUT2D eigenvalue weighted by Crippen LogP contribution is -2.24. The van der Waals surface area contributed by atoms with Gasteiger partial charge in [-0.3, -0.25) is 14.9 Å². The third-order valence-corrected chi connectivity index (χ3v) is 3.49. The maximum absolute atomic E-state index is 11.7. The fourth-order valence-electron chi connectivity index (χ4n) is 1.82. The zero-order chi connectivity index (χ0) is 17.5. The van der Waals surface area contributed by atoms with Gasteiger partial charge in [-0.15, -0.1) is 0 Å². The maximum atomic E-state index is 11.7. The highest BCUT2D eigenvalue weighted by atomic mass is 79.9. The number of hydrogen-bond acceptors (Lipinski definition) is 5. The Bertz CT molecular complexity index is 793. The molecule has 124 valence electrons. The van der Waals surface area contributed by atoms with E-state index in [4.69, 9.17) is 4.74 Å². The van der Waals surface area contributed by atoms with Crippen LogP contribution in [-0.2, 0) is 4.79 Å². The number of nitrogens with one attached hydrogen (secondary N) is 1. The van der Waals surface area contributed by atoms with Gasteiger partial charge in [0.1, 0.15) is 5.75 Å². The number of nitrogens with zero attached hydrogens (tertiary/aromatic N) is 2. The van der Waals surface area contributed by atoms with Crippen molar-refractivity contribution in [3.05, 3.63) is 68.2 Å². The molecular formula is C16H14BrN3O4. The molecule has 0 aliphatic rings. The standard InChI is InChI=1S/C16H14BrN3O4/c1-11-5-6-12(7-15(11)20(22)23)9-18-19-16(21)10-24-14-4-2-3-13(17)8-14/h2-9H,10H2,1H3,(H,19,21)/b18-9-. The zero-order valence-electron chi connectivity index (χ0n) is 12.7. The molecule has 8 heteroatoms. The van der Waals surface area contributed by atoms with Gasteiger partial charge < -0.3 is 4.74 Å². The molecule has 0 heterocycles. The first-order valence-corrected chi connectivity index (χ1v) is 7.70. The number of amides is 1. The SMILES string of the molecule is Cc1ccc(/C=N\NC(=O)COc2cccc(Br)c2)cc1[N+](=O)[O-]. The second-order valence-electron chi connectivity index (χ2n) is 4.84. The van der Waals surface area contributed by atoms with Crippen LogP contribution in [0.1, 0.15) is 11.1 Å². The van der Waals surface area contributed by atoms with Crippen molar-refractivity contribution < 1.29 is 14.5 Å². The Hall–Kier alpha value is -2.74. The predicted octanol–water partition coefficient (Wildman–Crippen LogP) is 3.19. The van der Waals surface area contributed by atoms with E-state index >= 15 is 0 Å². The second-order valence-corrected chi connectivity index (χ2v) is 5.76. The highest BCUT2D eigenvalue weighted by molar-refractivity contribution is 9.10. The van der Waals surface area contributed by atoms with Gasteiger partial charge in [0.2, 0.25) is 0 Å². The third-order valence-electron chi connectivity index (χ3n) is 3.00. The molecule has 0 saturated heterocycles. The van der Waals surface area contributed by atoms with Crippen LogP contribution >= 0.6 is 15.9 Å². The quantitative estimate of drug-likeness (QED) is 0.464. The van der Waals surface area contributed by atoms with E-state index in [0.717, 1.165) is 4.47 Å². The molecule has 0 fully saturated rings. The predicted molar refractivity (Wildman–Crippen MR) is 93.2 cm³/mol. The van der Waals surface area contributed by atoms with E-state index in [1.54, 1.807) is 37.3 Å². The van der Waals surface area contributed by atoms with Gasteiger partial charge in [0, 0.05) is 21.7 Å². The third kappa shape index (κ3) is 5.17. The number of rotatable bonds is 6. The zero-order valence-corrected chi connectivity index (χ0v) is 14.3. The first-order valence-electron chi connectivity index (χ1n) is 6.91. The minimum atomic E-state index is -0.461. The largest absolute Gasteiger partial charge is 0.484 e. The summed E-state index contributed by atoms with van der Waals surface area (Å²) in [6.45, 7) is 1.46. The molecule has 24 heavy (non-hydrogen) atoms. The van der Waals surface area contributed by atoms with Crippen molar-refractivity contribution in [3.8, 4) is 5.75 Å². The first kappa shape index (κ1) is 17.6. The van der Waals surface area contributed by atoms with E-state index in [2.05, 4.69) is 26.5 Å². The fraction of sp³-hybridized carbons (Fsp3) is 0.125. The summed E-state index contributed by atoms with van der Waals surface area (Å²) in [5, 5.41) is 14.6. The molecule has 0 radical (unpaired) electrons. The Labute approximate surface area is 146 Å². The number of hydrogen-bond donors (Lipinski definition) is 1. The van der Waals surface area contributed by atoms with Crippen molar-refractivity contribution in [1.29, 1.82) is 0 Å². The van der Waals surface area contributed by atoms with Gasteiger partial charge >= 0.3 is 0 Å². The van der Waals surface area contributed by atoms with Crippen LogP contribution in [0.15, 0.2) is 52.0 Å². The van der Waals surface area contributed by atoms with E-state index in [1.165, 1.54) is 12.3 Å². The van der Waals surface area contributed by atoms with Gasteiger partial charge in [-0.05, 0) is 25.1 Å². The van der Waals surface area contributed by atoms with Gasteiger partial charge in [-0.1, -0.05) is 34.1 Å². The molecular weight excluding hydrogens is 378 g/mol. The lowest BCUT2D eigenvalue weighted by Gasteiger charge is -2.05. The van der Waals surface area contributed by atoms with Crippen LogP contribution in [0.4, 0.5) is 5.69 Å². The highest BCUT2D eigenvalue weighted by Gasteiger charge is 2.10. The van der Waals surface area contributed by atoms with E-state index in [-0.39, 0.29) is 12.3 Å². The lowest BCUT2D eigenvalue weighted by atomic mass is 10.1. The summed E-state index contributed by atoms with van der Waals surface area (Å²) in [5.41, 5.74) is 3.38. The van der Waals surface area contributed by atoms with Gasteiger partial charge in [0.25, 0.3) is 11.6 Å². The van der Waals surface area contributed by atoms with Crippen molar-refractivity contribution >= 4 is 33.7 Å². The van der Waals surface area contributed by atoms with Gasteiger partial charge in [-0.25, -0.2) is 5.43 Å². The smallest absolute Gasteiger partial charge is 0.277 e. The van der Waals surface area contributed by atoms with Crippen molar-refractivity contribution in [1.82, 2.24) is 5.43 Å². The Kier molecular flexibility index (Phi) is 6.02. The average Bonchev–Trinajstić information content (AvgIpc) is 2.54. The number of benzene rings is 2. The van der Waals surface area contributed by atoms with Crippen LogP contribution in [0, 0.1) is 17.0 Å². The fourth-order valence-corrected chi connectivity index (χ4v) is 2.20. The summed E-state index contributed by atoms with van der Waals surface area (Å²) >= 11 is 3.31. The number of halogens is 1. The molecule has 0 aliphatic carbocycles. The Balaban J connectivity index is 1.88. The second kappa shape index (κ2) is 8.21. The van der Waals surface area contributed by atoms with Crippen LogP contribution in [0.3, 0.4) is 0 Å². The van der Waals surface area contributed by atoms with Crippen LogP contribution in [0.2, 0.25) is 0 Å². The van der Waals surface area contributed by atoms with Crippen molar-refractivity contribution in [2.45, 2.75) is 6.92 Å². The van der Waals surface area contributed by atoms with E-state index in [1.807, 2.05) is 6.07 Å². The summed E-state index contributed by atoms with van der Waals surface area (Å²) in [6, 6.07) is 11.8. The maximum Gasteiger partial charge on any atom is 0.277 e.